The van der Waals surface area contributed by atoms with Crippen LogP contribution in [0.3, 0.4) is 0 Å². The molecule has 0 amide bonds. The first kappa shape index (κ1) is 9.30. The molecule has 0 unspecified atom stereocenters. The van der Waals surface area contributed by atoms with Crippen LogP contribution in [0, 0.1) is 0 Å². The Labute approximate surface area is 96.6 Å². The second-order valence-electron chi connectivity index (χ2n) is 3.46. The first-order chi connectivity index (χ1) is 7.84. The van der Waals surface area contributed by atoms with Crippen LogP contribution in [0.1, 0.15) is 0 Å². The van der Waals surface area contributed by atoms with Gasteiger partial charge in [-0.25, -0.2) is 9.97 Å². The minimum Gasteiger partial charge on any atom is -0.368 e. The van der Waals surface area contributed by atoms with E-state index in [4.69, 9.17) is 5.73 Å². The van der Waals surface area contributed by atoms with Gasteiger partial charge >= 0.3 is 0 Å². The second-order valence-corrected chi connectivity index (χ2v) is 4.32. The van der Waals surface area contributed by atoms with Crippen molar-refractivity contribution in [1.82, 2.24) is 9.97 Å². The fourth-order valence-corrected chi connectivity index (χ4v) is 2.60. The Morgan fingerprint density at radius 1 is 1.12 bits per heavy atom. The number of rotatable bonds is 1. The number of hydrogen-bond acceptors (Lipinski definition) is 4. The molecule has 0 aliphatic carbocycles. The third-order valence-electron chi connectivity index (χ3n) is 2.44. The quantitative estimate of drug-likeness (QED) is 0.695. The summed E-state index contributed by atoms with van der Waals surface area (Å²) in [7, 11) is 0. The zero-order valence-electron chi connectivity index (χ0n) is 8.42. The molecule has 0 aliphatic heterocycles. The fraction of sp³-hybridized carbons (Fsp3) is 0. The molecule has 1 aromatic carbocycles. The summed E-state index contributed by atoms with van der Waals surface area (Å²) in [6.07, 6.45) is 1.79. The first-order valence-corrected chi connectivity index (χ1v) is 5.78. The van der Waals surface area contributed by atoms with Crippen molar-refractivity contribution in [3.63, 3.8) is 0 Å². The van der Waals surface area contributed by atoms with E-state index >= 15 is 0 Å². The van der Waals surface area contributed by atoms with Gasteiger partial charge in [0, 0.05) is 22.5 Å². The SMILES string of the molecule is Nc1ncc2c(-c3ccccc3)csc2n1. The highest BCUT2D eigenvalue weighted by Gasteiger charge is 2.07. The van der Waals surface area contributed by atoms with Crippen LogP contribution in [0.5, 0.6) is 0 Å². The van der Waals surface area contributed by atoms with Crippen molar-refractivity contribution in [3.8, 4) is 11.1 Å². The van der Waals surface area contributed by atoms with Crippen LogP contribution in [-0.2, 0) is 0 Å². The summed E-state index contributed by atoms with van der Waals surface area (Å²) < 4.78 is 0. The second kappa shape index (κ2) is 3.57. The predicted molar refractivity (Wildman–Crippen MR) is 67.3 cm³/mol. The Morgan fingerprint density at radius 2 is 1.94 bits per heavy atom. The lowest BCUT2D eigenvalue weighted by molar-refractivity contribution is 1.25. The molecular weight excluding hydrogens is 218 g/mol. The van der Waals surface area contributed by atoms with Gasteiger partial charge in [0.25, 0.3) is 0 Å². The Kier molecular flexibility index (Phi) is 2.08. The van der Waals surface area contributed by atoms with Crippen molar-refractivity contribution in [3.05, 3.63) is 41.9 Å². The van der Waals surface area contributed by atoms with Crippen LogP contribution < -0.4 is 5.73 Å². The zero-order chi connectivity index (χ0) is 11.0. The van der Waals surface area contributed by atoms with Crippen molar-refractivity contribution >= 4 is 27.5 Å². The Bertz CT molecular complexity index is 631. The molecule has 0 spiro atoms. The normalized spacial score (nSPS) is 10.8. The largest absolute Gasteiger partial charge is 0.368 e. The molecule has 2 heterocycles. The van der Waals surface area contributed by atoms with E-state index in [9.17, 15) is 0 Å². The summed E-state index contributed by atoms with van der Waals surface area (Å²) in [4.78, 5) is 9.18. The van der Waals surface area contributed by atoms with Crippen molar-refractivity contribution in [2.45, 2.75) is 0 Å². The predicted octanol–water partition coefficient (Wildman–Crippen LogP) is 2.94. The van der Waals surface area contributed by atoms with Gasteiger partial charge in [0.2, 0.25) is 5.95 Å². The molecule has 78 valence electrons. The van der Waals surface area contributed by atoms with Crippen molar-refractivity contribution in [2.24, 2.45) is 0 Å². The molecule has 0 bridgehead atoms. The van der Waals surface area contributed by atoms with Crippen LogP contribution in [0.25, 0.3) is 21.3 Å². The van der Waals surface area contributed by atoms with Crippen molar-refractivity contribution in [2.75, 3.05) is 5.73 Å². The molecule has 2 aromatic heterocycles. The van der Waals surface area contributed by atoms with E-state index in [1.54, 1.807) is 17.5 Å². The van der Waals surface area contributed by atoms with Crippen molar-refractivity contribution in [1.29, 1.82) is 0 Å². The number of nitrogens with zero attached hydrogens (tertiary/aromatic N) is 2. The smallest absolute Gasteiger partial charge is 0.221 e. The van der Waals surface area contributed by atoms with Crippen LogP contribution in [-0.4, -0.2) is 9.97 Å². The molecule has 0 saturated carbocycles. The highest BCUT2D eigenvalue weighted by atomic mass is 32.1. The number of nitrogens with two attached hydrogens (primary N) is 1. The molecule has 3 aromatic rings. The van der Waals surface area contributed by atoms with E-state index in [1.165, 1.54) is 11.1 Å². The van der Waals surface area contributed by atoms with Gasteiger partial charge in [0.1, 0.15) is 4.83 Å². The molecule has 0 saturated heterocycles. The van der Waals surface area contributed by atoms with Crippen LogP contribution >= 0.6 is 11.3 Å². The van der Waals surface area contributed by atoms with Crippen LogP contribution in [0.4, 0.5) is 5.95 Å². The third-order valence-corrected chi connectivity index (χ3v) is 3.32. The van der Waals surface area contributed by atoms with Crippen LogP contribution in [0.2, 0.25) is 0 Å². The number of nitrogen functional groups attached to an aromatic ring is 1. The lowest BCUT2D eigenvalue weighted by Crippen LogP contribution is -1.92. The summed E-state index contributed by atoms with van der Waals surface area (Å²) in [5.41, 5.74) is 7.91. The maximum Gasteiger partial charge on any atom is 0.221 e. The van der Waals surface area contributed by atoms with Gasteiger partial charge in [0.05, 0.1) is 0 Å². The van der Waals surface area contributed by atoms with E-state index in [2.05, 4.69) is 27.5 Å². The first-order valence-electron chi connectivity index (χ1n) is 4.90. The van der Waals surface area contributed by atoms with Gasteiger partial charge in [-0.1, -0.05) is 30.3 Å². The van der Waals surface area contributed by atoms with E-state index in [0.717, 1.165) is 10.2 Å². The summed E-state index contributed by atoms with van der Waals surface area (Å²) in [5, 5.41) is 3.15. The fourth-order valence-electron chi connectivity index (χ4n) is 1.67. The third kappa shape index (κ3) is 1.44. The van der Waals surface area contributed by atoms with Gasteiger partial charge < -0.3 is 5.73 Å². The van der Waals surface area contributed by atoms with Gasteiger partial charge in [0.15, 0.2) is 0 Å². The van der Waals surface area contributed by atoms with Gasteiger partial charge in [-0.05, 0) is 5.56 Å². The average molecular weight is 227 g/mol. The molecule has 3 nitrogen and oxygen atoms in total. The summed E-state index contributed by atoms with van der Waals surface area (Å²) in [6, 6.07) is 10.2. The average Bonchev–Trinajstić information content (AvgIpc) is 2.73. The maximum atomic E-state index is 5.56. The van der Waals surface area contributed by atoms with E-state index in [-0.39, 0.29) is 0 Å². The maximum absolute atomic E-state index is 5.56. The molecule has 4 heteroatoms. The number of thiophene rings is 1. The van der Waals surface area contributed by atoms with Crippen LogP contribution in [0.15, 0.2) is 41.9 Å². The zero-order valence-corrected chi connectivity index (χ0v) is 9.24. The number of anilines is 1. The molecular formula is C12H9N3S. The van der Waals surface area contributed by atoms with E-state index < -0.39 is 0 Å². The number of benzene rings is 1. The van der Waals surface area contributed by atoms with Gasteiger partial charge in [-0.3, -0.25) is 0 Å². The van der Waals surface area contributed by atoms with Gasteiger partial charge in [-0.15, -0.1) is 11.3 Å². The highest BCUT2D eigenvalue weighted by Crippen LogP contribution is 2.32. The monoisotopic (exact) mass is 227 g/mol. The Hall–Kier alpha value is -1.94. The molecule has 0 atom stereocenters. The topological polar surface area (TPSA) is 51.8 Å². The Morgan fingerprint density at radius 3 is 2.75 bits per heavy atom. The molecule has 0 radical (unpaired) electrons. The highest BCUT2D eigenvalue weighted by molar-refractivity contribution is 7.17. The number of hydrogen-bond donors (Lipinski definition) is 1. The molecule has 0 aliphatic rings. The molecule has 2 N–H and O–H groups in total. The van der Waals surface area contributed by atoms with E-state index in [0.29, 0.717) is 5.95 Å². The molecule has 3 rings (SSSR count). The Balaban J connectivity index is 2.26. The summed E-state index contributed by atoms with van der Waals surface area (Å²) >= 11 is 1.59. The lowest BCUT2D eigenvalue weighted by Gasteiger charge is -1.98. The van der Waals surface area contributed by atoms with Crippen molar-refractivity contribution < 1.29 is 0 Å². The minimum absolute atomic E-state index is 0.328. The lowest BCUT2D eigenvalue weighted by atomic mass is 10.1. The van der Waals surface area contributed by atoms with E-state index in [1.807, 2.05) is 18.2 Å². The summed E-state index contributed by atoms with van der Waals surface area (Å²) in [6.45, 7) is 0. The van der Waals surface area contributed by atoms with Gasteiger partial charge in [-0.2, -0.15) is 0 Å². The summed E-state index contributed by atoms with van der Waals surface area (Å²) in [5.74, 6) is 0.328. The minimum atomic E-state index is 0.328. The number of fused-ring (bicyclic) bond motifs is 1. The molecule has 0 fully saturated rings. The number of aromatic nitrogens is 2. The standard InChI is InChI=1S/C12H9N3S/c13-12-14-6-9-10(7-16-11(9)15-12)8-4-2-1-3-5-8/h1-7H,(H2,13,14,15). The molecule has 16 heavy (non-hydrogen) atoms.